The minimum absolute atomic E-state index is 0.0493. The number of carbonyl (C=O) groups excluding carboxylic acids is 1. The van der Waals surface area contributed by atoms with E-state index in [4.69, 9.17) is 0 Å². The average Bonchev–Trinajstić information content (AvgIpc) is 3.16. The van der Waals surface area contributed by atoms with Gasteiger partial charge in [-0.15, -0.1) is 0 Å². The molecular formula is C20H21F3N6O2. The standard InChI is InChI=1S/C20H21F3N6O2/c1-31-19(30)28-11-4-5-13-14(9-25-16(13)7-11)17-15(20(21,22)23)10-26-18(29-17)27-12-3-2-6-24-8-12/h4-5,7,9-10,12,24-25H,2-3,6,8H2,1H3,(H,28,30)(H,26,27,29)/t12-/m0/s1. The molecule has 0 saturated carbocycles. The first kappa shape index (κ1) is 20.9. The molecule has 0 spiro atoms. The number of piperidine rings is 1. The van der Waals surface area contributed by atoms with Crippen LogP contribution >= 0.6 is 0 Å². The lowest BCUT2D eigenvalue weighted by molar-refractivity contribution is -0.137. The van der Waals surface area contributed by atoms with Crippen LogP contribution in [0, 0.1) is 0 Å². The van der Waals surface area contributed by atoms with Gasteiger partial charge in [0, 0.05) is 47.1 Å². The molecule has 0 radical (unpaired) electrons. The number of anilines is 2. The highest BCUT2D eigenvalue weighted by molar-refractivity contribution is 5.98. The Kier molecular flexibility index (Phi) is 5.68. The van der Waals surface area contributed by atoms with E-state index in [1.54, 1.807) is 18.2 Å². The van der Waals surface area contributed by atoms with E-state index in [2.05, 4.69) is 35.6 Å². The van der Waals surface area contributed by atoms with Crippen LogP contribution in [-0.2, 0) is 10.9 Å². The minimum atomic E-state index is -4.61. The summed E-state index contributed by atoms with van der Waals surface area (Å²) in [6.45, 7) is 1.61. The van der Waals surface area contributed by atoms with Crippen molar-refractivity contribution in [2.45, 2.75) is 25.1 Å². The number of amides is 1. The fourth-order valence-electron chi connectivity index (χ4n) is 3.59. The number of rotatable bonds is 4. The van der Waals surface area contributed by atoms with Crippen LogP contribution in [0.5, 0.6) is 0 Å². The maximum Gasteiger partial charge on any atom is 0.419 e. The number of halogens is 3. The monoisotopic (exact) mass is 434 g/mol. The number of ether oxygens (including phenoxy) is 1. The molecule has 0 unspecified atom stereocenters. The number of nitrogens with zero attached hydrogens (tertiary/aromatic N) is 2. The summed E-state index contributed by atoms with van der Waals surface area (Å²) in [6, 6.07) is 4.86. The topological polar surface area (TPSA) is 104 Å². The number of fused-ring (bicyclic) bond motifs is 1. The number of alkyl halides is 3. The second-order valence-corrected chi connectivity index (χ2v) is 7.22. The van der Waals surface area contributed by atoms with Gasteiger partial charge < -0.3 is 20.4 Å². The molecular weight excluding hydrogens is 413 g/mol. The molecule has 4 rings (SSSR count). The SMILES string of the molecule is COC(=O)Nc1ccc2c(-c3nc(N[C@H]4CCCNC4)ncc3C(F)(F)F)c[nH]c2c1. The Balaban J connectivity index is 1.73. The van der Waals surface area contributed by atoms with E-state index < -0.39 is 17.8 Å². The molecule has 3 heterocycles. The van der Waals surface area contributed by atoms with Gasteiger partial charge in [-0.2, -0.15) is 13.2 Å². The van der Waals surface area contributed by atoms with Crippen molar-refractivity contribution >= 4 is 28.6 Å². The molecule has 3 aromatic rings. The number of methoxy groups -OCH3 is 1. The van der Waals surface area contributed by atoms with Crippen molar-refractivity contribution in [3.8, 4) is 11.3 Å². The van der Waals surface area contributed by atoms with Crippen molar-refractivity contribution in [1.29, 1.82) is 0 Å². The summed E-state index contributed by atoms with van der Waals surface area (Å²) in [5.74, 6) is 0.148. The van der Waals surface area contributed by atoms with E-state index in [-0.39, 0.29) is 17.7 Å². The molecule has 11 heteroatoms. The van der Waals surface area contributed by atoms with Gasteiger partial charge in [0.2, 0.25) is 5.95 Å². The number of aromatic nitrogens is 3. The smallest absolute Gasteiger partial charge is 0.419 e. The highest BCUT2D eigenvalue weighted by atomic mass is 19.4. The quantitative estimate of drug-likeness (QED) is 0.495. The molecule has 164 valence electrons. The van der Waals surface area contributed by atoms with Crippen molar-refractivity contribution in [3.63, 3.8) is 0 Å². The zero-order valence-electron chi connectivity index (χ0n) is 16.6. The van der Waals surface area contributed by atoms with Gasteiger partial charge in [0.15, 0.2) is 0 Å². The number of hydrogen-bond acceptors (Lipinski definition) is 6. The average molecular weight is 434 g/mol. The van der Waals surface area contributed by atoms with Gasteiger partial charge in [-0.1, -0.05) is 6.07 Å². The maximum atomic E-state index is 13.7. The molecule has 1 amide bonds. The lowest BCUT2D eigenvalue weighted by Gasteiger charge is -2.24. The summed E-state index contributed by atoms with van der Waals surface area (Å²) in [7, 11) is 1.24. The zero-order valence-corrected chi connectivity index (χ0v) is 16.6. The number of benzene rings is 1. The minimum Gasteiger partial charge on any atom is -0.453 e. The van der Waals surface area contributed by atoms with Gasteiger partial charge in [-0.05, 0) is 31.5 Å². The summed E-state index contributed by atoms with van der Waals surface area (Å²) in [5, 5.41) is 9.41. The fraction of sp³-hybridized carbons (Fsp3) is 0.350. The first-order valence-electron chi connectivity index (χ1n) is 9.73. The largest absolute Gasteiger partial charge is 0.453 e. The van der Waals surface area contributed by atoms with Gasteiger partial charge in [-0.3, -0.25) is 5.32 Å². The number of H-pyrrole nitrogens is 1. The number of hydrogen-bond donors (Lipinski definition) is 4. The van der Waals surface area contributed by atoms with Crippen molar-refractivity contribution in [2.24, 2.45) is 0 Å². The Labute approximate surface area is 175 Å². The van der Waals surface area contributed by atoms with Gasteiger partial charge >= 0.3 is 12.3 Å². The second-order valence-electron chi connectivity index (χ2n) is 7.22. The second kappa shape index (κ2) is 8.42. The Morgan fingerprint density at radius 1 is 1.32 bits per heavy atom. The lowest BCUT2D eigenvalue weighted by atomic mass is 10.1. The van der Waals surface area contributed by atoms with Crippen LogP contribution in [0.3, 0.4) is 0 Å². The van der Waals surface area contributed by atoms with Gasteiger partial charge in [0.25, 0.3) is 0 Å². The number of nitrogens with one attached hydrogen (secondary N) is 4. The zero-order chi connectivity index (χ0) is 22.0. The number of carbonyl (C=O) groups is 1. The van der Waals surface area contributed by atoms with E-state index in [1.165, 1.54) is 13.3 Å². The van der Waals surface area contributed by atoms with Crippen LogP contribution in [0.15, 0.2) is 30.6 Å². The van der Waals surface area contributed by atoms with Crippen LogP contribution in [0.4, 0.5) is 29.6 Å². The summed E-state index contributed by atoms with van der Waals surface area (Å²) >= 11 is 0. The summed E-state index contributed by atoms with van der Waals surface area (Å²) in [5.41, 5.74) is 0.144. The predicted molar refractivity (Wildman–Crippen MR) is 110 cm³/mol. The normalized spacial score (nSPS) is 16.8. The van der Waals surface area contributed by atoms with Crippen LogP contribution < -0.4 is 16.0 Å². The maximum absolute atomic E-state index is 13.7. The van der Waals surface area contributed by atoms with Gasteiger partial charge in [-0.25, -0.2) is 14.8 Å². The summed E-state index contributed by atoms with van der Waals surface area (Å²) in [6.07, 6.45) is -1.13. The first-order valence-corrected chi connectivity index (χ1v) is 9.73. The third-order valence-corrected chi connectivity index (χ3v) is 5.09. The van der Waals surface area contributed by atoms with E-state index in [0.29, 0.717) is 28.7 Å². The lowest BCUT2D eigenvalue weighted by Crippen LogP contribution is -2.38. The van der Waals surface area contributed by atoms with E-state index >= 15 is 0 Å². The molecule has 0 bridgehead atoms. The molecule has 1 aromatic carbocycles. The van der Waals surface area contributed by atoms with E-state index in [1.807, 2.05) is 0 Å². The van der Waals surface area contributed by atoms with Gasteiger partial charge in [0.05, 0.1) is 12.8 Å². The van der Waals surface area contributed by atoms with E-state index in [0.717, 1.165) is 25.6 Å². The molecule has 1 saturated heterocycles. The van der Waals surface area contributed by atoms with Crippen molar-refractivity contribution in [2.75, 3.05) is 30.8 Å². The van der Waals surface area contributed by atoms with Crippen LogP contribution in [0.25, 0.3) is 22.2 Å². The number of aromatic amines is 1. The summed E-state index contributed by atoms with van der Waals surface area (Å²) in [4.78, 5) is 22.5. The Morgan fingerprint density at radius 3 is 2.87 bits per heavy atom. The molecule has 4 N–H and O–H groups in total. The van der Waals surface area contributed by atoms with Crippen molar-refractivity contribution in [3.05, 3.63) is 36.2 Å². The molecule has 31 heavy (non-hydrogen) atoms. The molecule has 1 fully saturated rings. The Bertz CT molecular complexity index is 1090. The highest BCUT2D eigenvalue weighted by Gasteiger charge is 2.36. The van der Waals surface area contributed by atoms with Crippen LogP contribution in [0.2, 0.25) is 0 Å². The molecule has 1 aliphatic rings. The van der Waals surface area contributed by atoms with Gasteiger partial charge in [0.1, 0.15) is 5.56 Å². The third-order valence-electron chi connectivity index (χ3n) is 5.09. The van der Waals surface area contributed by atoms with E-state index in [9.17, 15) is 18.0 Å². The first-order chi connectivity index (χ1) is 14.8. The third kappa shape index (κ3) is 4.55. The fourth-order valence-corrected chi connectivity index (χ4v) is 3.59. The highest BCUT2D eigenvalue weighted by Crippen LogP contribution is 2.39. The van der Waals surface area contributed by atoms with Crippen molar-refractivity contribution < 1.29 is 22.7 Å². The Hall–Kier alpha value is -3.34. The molecule has 2 aromatic heterocycles. The van der Waals surface area contributed by atoms with Crippen LogP contribution in [0.1, 0.15) is 18.4 Å². The molecule has 1 atom stereocenters. The Morgan fingerprint density at radius 2 is 2.16 bits per heavy atom. The molecule has 0 aliphatic carbocycles. The molecule has 1 aliphatic heterocycles. The summed E-state index contributed by atoms with van der Waals surface area (Å²) < 4.78 is 45.6. The van der Waals surface area contributed by atoms with Crippen LogP contribution in [-0.4, -0.2) is 47.3 Å². The predicted octanol–water partition coefficient (Wildman–Crippen LogP) is 3.99. The molecule has 8 nitrogen and oxygen atoms in total. The van der Waals surface area contributed by atoms with Crippen molar-refractivity contribution in [1.82, 2.24) is 20.3 Å².